The van der Waals surface area contributed by atoms with Gasteiger partial charge < -0.3 is 9.47 Å². The molecule has 100 valence electrons. The van der Waals surface area contributed by atoms with E-state index in [0.29, 0.717) is 12.1 Å². The first-order valence-corrected chi connectivity index (χ1v) is 4.71. The average Bonchev–Trinajstić information content (AvgIpc) is 2.28. The zero-order valence-corrected chi connectivity index (χ0v) is 9.22. The van der Waals surface area contributed by atoms with Crippen molar-refractivity contribution in [1.29, 1.82) is 0 Å². The summed E-state index contributed by atoms with van der Waals surface area (Å²) in [5.41, 5.74) is -1.07. The number of methoxy groups -OCH3 is 1. The van der Waals surface area contributed by atoms with Crippen molar-refractivity contribution in [2.75, 3.05) is 13.9 Å². The van der Waals surface area contributed by atoms with Crippen LogP contribution in [0.25, 0.3) is 5.76 Å². The van der Waals surface area contributed by atoms with Gasteiger partial charge in [-0.2, -0.15) is 22.0 Å². The molecule has 0 aromatic heterocycles. The molecule has 0 fully saturated rings. The Morgan fingerprint density at radius 1 is 1.11 bits per heavy atom. The van der Waals surface area contributed by atoms with E-state index in [1.54, 1.807) is 0 Å². The van der Waals surface area contributed by atoms with Crippen LogP contribution in [0, 0.1) is 0 Å². The molecule has 0 unspecified atom stereocenters. The van der Waals surface area contributed by atoms with Crippen molar-refractivity contribution >= 4 is 5.76 Å². The molecule has 1 aromatic carbocycles. The van der Waals surface area contributed by atoms with Gasteiger partial charge in [-0.05, 0) is 12.1 Å². The molecule has 0 radical (unpaired) electrons. The summed E-state index contributed by atoms with van der Waals surface area (Å²) < 4.78 is 70.9. The Bertz CT molecular complexity index is 418. The highest BCUT2D eigenvalue weighted by Crippen LogP contribution is 2.31. The maximum Gasteiger partial charge on any atom is 0.416 e. The van der Waals surface area contributed by atoms with Crippen molar-refractivity contribution in [3.8, 4) is 0 Å². The minimum Gasteiger partial charge on any atom is -0.461 e. The summed E-state index contributed by atoms with van der Waals surface area (Å²) in [6.07, 6.45) is -6.64. The van der Waals surface area contributed by atoms with Crippen molar-refractivity contribution in [3.05, 3.63) is 41.5 Å². The third kappa shape index (κ3) is 3.69. The number of rotatable bonds is 4. The molecule has 0 atom stereocenters. The van der Waals surface area contributed by atoms with Gasteiger partial charge >= 0.3 is 12.3 Å². The number of benzene rings is 1. The molecule has 0 heterocycles. The average molecular weight is 268 g/mol. The first-order valence-electron chi connectivity index (χ1n) is 4.71. The summed E-state index contributed by atoms with van der Waals surface area (Å²) in [6.45, 7) is -0.423. The topological polar surface area (TPSA) is 18.5 Å². The molecule has 0 saturated heterocycles. The van der Waals surface area contributed by atoms with E-state index in [2.05, 4.69) is 9.47 Å². The van der Waals surface area contributed by atoms with Crippen LogP contribution in [-0.2, 0) is 15.7 Å². The smallest absolute Gasteiger partial charge is 0.416 e. The van der Waals surface area contributed by atoms with Crippen LogP contribution in [0.1, 0.15) is 11.1 Å². The molecule has 7 heteroatoms. The molecule has 1 rings (SSSR count). The van der Waals surface area contributed by atoms with Crippen LogP contribution >= 0.6 is 0 Å². The van der Waals surface area contributed by atoms with E-state index in [1.165, 1.54) is 7.11 Å². The zero-order chi connectivity index (χ0) is 13.8. The molecule has 1 aromatic rings. The zero-order valence-electron chi connectivity index (χ0n) is 9.22. The predicted molar refractivity (Wildman–Crippen MR) is 53.5 cm³/mol. The molecule has 2 nitrogen and oxygen atoms in total. The minimum atomic E-state index is -4.51. The van der Waals surface area contributed by atoms with Gasteiger partial charge in [0.25, 0.3) is 0 Å². The van der Waals surface area contributed by atoms with Gasteiger partial charge in [0.2, 0.25) is 0 Å². The minimum absolute atomic E-state index is 0.153. The Labute approximate surface area is 99.6 Å². The molecule has 0 saturated carbocycles. The van der Waals surface area contributed by atoms with Gasteiger partial charge in [-0.15, -0.1) is 0 Å². The number of ether oxygens (including phenoxy) is 2. The fraction of sp³-hybridized carbons (Fsp3) is 0.273. The number of halogens is 5. The second kappa shape index (κ2) is 5.81. The summed E-state index contributed by atoms with van der Waals surface area (Å²) in [5, 5.41) is 0. The Morgan fingerprint density at radius 3 is 2.06 bits per heavy atom. The highest BCUT2D eigenvalue weighted by molar-refractivity contribution is 5.60. The van der Waals surface area contributed by atoms with Crippen molar-refractivity contribution in [1.82, 2.24) is 0 Å². The molecule has 0 aliphatic rings. The van der Waals surface area contributed by atoms with Crippen LogP contribution in [-0.4, -0.2) is 13.9 Å². The molecule has 0 N–H and O–H groups in total. The number of hydrogen-bond acceptors (Lipinski definition) is 2. The van der Waals surface area contributed by atoms with Gasteiger partial charge in [-0.3, -0.25) is 0 Å². The lowest BCUT2D eigenvalue weighted by molar-refractivity contribution is -0.137. The van der Waals surface area contributed by atoms with Gasteiger partial charge in [-0.25, -0.2) is 0 Å². The van der Waals surface area contributed by atoms with Crippen molar-refractivity contribution in [2.45, 2.75) is 6.18 Å². The third-order valence-electron chi connectivity index (χ3n) is 1.97. The summed E-state index contributed by atoms with van der Waals surface area (Å²) in [7, 11) is 1.24. The Morgan fingerprint density at radius 2 is 1.67 bits per heavy atom. The Balaban J connectivity index is 2.99. The highest BCUT2D eigenvalue weighted by Gasteiger charge is 2.30. The molecular formula is C11H9F5O2. The van der Waals surface area contributed by atoms with Crippen LogP contribution in [0.3, 0.4) is 0 Å². The number of hydrogen-bond donors (Lipinski definition) is 0. The largest absolute Gasteiger partial charge is 0.461 e. The van der Waals surface area contributed by atoms with Crippen LogP contribution in [0.2, 0.25) is 0 Å². The quantitative estimate of drug-likeness (QED) is 0.468. The van der Waals surface area contributed by atoms with Crippen molar-refractivity contribution < 1.29 is 31.4 Å². The molecule has 0 bridgehead atoms. The van der Waals surface area contributed by atoms with Gasteiger partial charge in [0, 0.05) is 12.7 Å². The van der Waals surface area contributed by atoms with E-state index in [4.69, 9.17) is 0 Å². The first-order chi connectivity index (χ1) is 8.36. The Hall–Kier alpha value is -1.63. The van der Waals surface area contributed by atoms with E-state index < -0.39 is 30.4 Å². The Kier molecular flexibility index (Phi) is 4.66. The lowest BCUT2D eigenvalue weighted by Gasteiger charge is -2.10. The van der Waals surface area contributed by atoms with Crippen LogP contribution in [0.5, 0.6) is 0 Å². The van der Waals surface area contributed by atoms with E-state index >= 15 is 0 Å². The lowest BCUT2D eigenvalue weighted by atomic mass is 10.1. The van der Waals surface area contributed by atoms with E-state index in [9.17, 15) is 22.0 Å². The SMILES string of the molecule is COCOC(=C(F)F)c1ccc(C(F)(F)F)cc1. The fourth-order valence-corrected chi connectivity index (χ4v) is 1.18. The van der Waals surface area contributed by atoms with Gasteiger partial charge in [0.15, 0.2) is 12.6 Å². The van der Waals surface area contributed by atoms with Crippen LogP contribution in [0.4, 0.5) is 22.0 Å². The molecule has 0 aliphatic heterocycles. The summed E-state index contributed by atoms with van der Waals surface area (Å²) in [5.74, 6) is -0.800. The van der Waals surface area contributed by atoms with Crippen molar-refractivity contribution in [3.63, 3.8) is 0 Å². The molecule has 0 aliphatic carbocycles. The first kappa shape index (κ1) is 14.4. The van der Waals surface area contributed by atoms with Crippen LogP contribution in [0.15, 0.2) is 30.3 Å². The normalized spacial score (nSPS) is 11.2. The fourth-order valence-electron chi connectivity index (χ4n) is 1.18. The van der Waals surface area contributed by atoms with Gasteiger partial charge in [0.05, 0.1) is 5.56 Å². The van der Waals surface area contributed by atoms with E-state index in [0.717, 1.165) is 12.1 Å². The summed E-state index contributed by atoms with van der Waals surface area (Å²) in [6, 6.07) is 3.23. The third-order valence-corrected chi connectivity index (χ3v) is 1.97. The second-order valence-corrected chi connectivity index (χ2v) is 3.22. The maximum atomic E-state index is 12.5. The standard InChI is InChI=1S/C11H9F5O2/c1-17-6-18-9(10(12)13)7-2-4-8(5-3-7)11(14,15)16/h2-5H,6H2,1H3. The number of alkyl halides is 3. The molecule has 18 heavy (non-hydrogen) atoms. The predicted octanol–water partition coefficient (Wildman–Crippen LogP) is 3.89. The van der Waals surface area contributed by atoms with Crippen LogP contribution < -0.4 is 0 Å². The maximum absolute atomic E-state index is 12.5. The molecule has 0 amide bonds. The second-order valence-electron chi connectivity index (χ2n) is 3.22. The van der Waals surface area contributed by atoms with E-state index in [-0.39, 0.29) is 5.56 Å². The summed E-state index contributed by atoms with van der Waals surface area (Å²) >= 11 is 0. The van der Waals surface area contributed by atoms with Gasteiger partial charge in [-0.1, -0.05) is 12.1 Å². The highest BCUT2D eigenvalue weighted by atomic mass is 19.4. The molecule has 0 spiro atoms. The lowest BCUT2D eigenvalue weighted by Crippen LogP contribution is -2.05. The monoisotopic (exact) mass is 268 g/mol. The van der Waals surface area contributed by atoms with Crippen molar-refractivity contribution in [2.24, 2.45) is 0 Å². The summed E-state index contributed by atoms with van der Waals surface area (Å²) in [4.78, 5) is 0. The molecular weight excluding hydrogens is 259 g/mol. The van der Waals surface area contributed by atoms with E-state index in [1.807, 2.05) is 0 Å². The van der Waals surface area contributed by atoms with Gasteiger partial charge in [0.1, 0.15) is 0 Å².